The van der Waals surface area contributed by atoms with Crippen molar-refractivity contribution >= 4 is 0 Å². The Hall–Kier alpha value is -0.860. The Kier molecular flexibility index (Phi) is 2.81. The molecule has 4 atom stereocenters. The standard InChI is InChI=1S/C13H19NO/c1-9-12(11-7-5-4-6-8-11)13(10(2)15)14(9)3/h4-10,12-13,15H,1-3H3/t9-,10+,12+,13+/m0/s1. The van der Waals surface area contributed by atoms with Crippen molar-refractivity contribution in [3.63, 3.8) is 0 Å². The smallest absolute Gasteiger partial charge is 0.0673 e. The molecule has 0 spiro atoms. The van der Waals surface area contributed by atoms with Crippen LogP contribution in [0.1, 0.15) is 25.3 Å². The maximum atomic E-state index is 9.75. The Bertz CT molecular complexity index is 323. The summed E-state index contributed by atoms with van der Waals surface area (Å²) in [5.74, 6) is 0.469. The van der Waals surface area contributed by atoms with Crippen molar-refractivity contribution in [1.82, 2.24) is 4.90 Å². The molecule has 2 heteroatoms. The summed E-state index contributed by atoms with van der Waals surface area (Å²) >= 11 is 0. The second-order valence-corrected chi connectivity index (χ2v) is 4.57. The van der Waals surface area contributed by atoms with Gasteiger partial charge in [0.15, 0.2) is 0 Å². The molecule has 1 heterocycles. The van der Waals surface area contributed by atoms with Crippen molar-refractivity contribution in [2.75, 3.05) is 7.05 Å². The summed E-state index contributed by atoms with van der Waals surface area (Å²) in [5, 5.41) is 9.75. The number of likely N-dealkylation sites (tertiary alicyclic amines) is 1. The Morgan fingerprint density at radius 1 is 1.27 bits per heavy atom. The molecule has 82 valence electrons. The molecule has 1 fully saturated rings. The van der Waals surface area contributed by atoms with E-state index in [4.69, 9.17) is 0 Å². The summed E-state index contributed by atoms with van der Waals surface area (Å²) in [4.78, 5) is 2.25. The summed E-state index contributed by atoms with van der Waals surface area (Å²) in [6, 6.07) is 11.3. The minimum atomic E-state index is -0.267. The number of rotatable bonds is 2. The van der Waals surface area contributed by atoms with Crippen LogP contribution in [0.4, 0.5) is 0 Å². The zero-order chi connectivity index (χ0) is 11.0. The first-order chi connectivity index (χ1) is 7.13. The highest BCUT2D eigenvalue weighted by Gasteiger charge is 2.46. The van der Waals surface area contributed by atoms with E-state index in [9.17, 15) is 5.11 Å². The van der Waals surface area contributed by atoms with Crippen LogP contribution in [-0.2, 0) is 0 Å². The normalized spacial score (nSPS) is 33.5. The van der Waals surface area contributed by atoms with E-state index in [0.717, 1.165) is 0 Å². The van der Waals surface area contributed by atoms with E-state index in [2.05, 4.69) is 43.1 Å². The van der Waals surface area contributed by atoms with Crippen LogP contribution in [0, 0.1) is 0 Å². The molecule has 15 heavy (non-hydrogen) atoms. The van der Waals surface area contributed by atoms with Crippen LogP contribution >= 0.6 is 0 Å². The van der Waals surface area contributed by atoms with E-state index in [1.807, 2.05) is 13.0 Å². The van der Waals surface area contributed by atoms with Crippen LogP contribution in [-0.4, -0.2) is 35.2 Å². The van der Waals surface area contributed by atoms with Gasteiger partial charge in [0.05, 0.1) is 6.10 Å². The van der Waals surface area contributed by atoms with Crippen LogP contribution in [0.15, 0.2) is 30.3 Å². The van der Waals surface area contributed by atoms with E-state index in [1.165, 1.54) is 5.56 Å². The fourth-order valence-electron chi connectivity index (χ4n) is 2.75. The van der Waals surface area contributed by atoms with Gasteiger partial charge >= 0.3 is 0 Å². The highest BCUT2D eigenvalue weighted by molar-refractivity contribution is 5.27. The SMILES string of the molecule is C[C@@H](O)[C@@H]1[C@@H](c2ccccc2)[C@H](C)N1C. The molecule has 2 rings (SSSR count). The summed E-state index contributed by atoms with van der Waals surface area (Å²) in [5.41, 5.74) is 1.34. The number of hydrogen-bond donors (Lipinski definition) is 1. The molecule has 0 aromatic heterocycles. The second kappa shape index (κ2) is 3.95. The summed E-state index contributed by atoms with van der Waals surface area (Å²) in [6.07, 6.45) is -0.267. The topological polar surface area (TPSA) is 23.5 Å². The van der Waals surface area contributed by atoms with Gasteiger partial charge in [0, 0.05) is 18.0 Å². The molecular weight excluding hydrogens is 186 g/mol. The molecule has 0 unspecified atom stereocenters. The lowest BCUT2D eigenvalue weighted by molar-refractivity contribution is -0.0504. The summed E-state index contributed by atoms with van der Waals surface area (Å²) in [7, 11) is 2.08. The molecule has 0 amide bonds. The Balaban J connectivity index is 2.22. The van der Waals surface area contributed by atoms with Crippen LogP contribution < -0.4 is 0 Å². The van der Waals surface area contributed by atoms with Gasteiger partial charge in [-0.05, 0) is 26.5 Å². The molecule has 1 N–H and O–H groups in total. The van der Waals surface area contributed by atoms with Gasteiger partial charge in [-0.1, -0.05) is 30.3 Å². The maximum absolute atomic E-state index is 9.75. The maximum Gasteiger partial charge on any atom is 0.0673 e. The Morgan fingerprint density at radius 3 is 2.40 bits per heavy atom. The van der Waals surface area contributed by atoms with Crippen LogP contribution in [0.2, 0.25) is 0 Å². The minimum absolute atomic E-state index is 0.266. The van der Waals surface area contributed by atoms with Gasteiger partial charge in [-0.25, -0.2) is 0 Å². The van der Waals surface area contributed by atoms with Gasteiger partial charge in [0.2, 0.25) is 0 Å². The van der Waals surface area contributed by atoms with E-state index in [-0.39, 0.29) is 12.1 Å². The number of hydrogen-bond acceptors (Lipinski definition) is 2. The number of aliphatic hydroxyl groups is 1. The average molecular weight is 205 g/mol. The molecule has 2 nitrogen and oxygen atoms in total. The van der Waals surface area contributed by atoms with E-state index < -0.39 is 0 Å². The van der Waals surface area contributed by atoms with Gasteiger partial charge in [0.1, 0.15) is 0 Å². The molecule has 1 aromatic rings. The van der Waals surface area contributed by atoms with Gasteiger partial charge in [-0.15, -0.1) is 0 Å². The zero-order valence-corrected chi connectivity index (χ0v) is 9.59. The molecule has 0 radical (unpaired) electrons. The first-order valence-corrected chi connectivity index (χ1v) is 5.58. The Labute approximate surface area is 91.5 Å². The first-order valence-electron chi connectivity index (χ1n) is 5.58. The highest BCUT2D eigenvalue weighted by atomic mass is 16.3. The number of benzene rings is 1. The second-order valence-electron chi connectivity index (χ2n) is 4.57. The molecule has 1 aliphatic heterocycles. The van der Waals surface area contributed by atoms with Crippen molar-refractivity contribution in [3.05, 3.63) is 35.9 Å². The molecular formula is C13H19NO. The fraction of sp³-hybridized carbons (Fsp3) is 0.538. The van der Waals surface area contributed by atoms with E-state index in [1.54, 1.807) is 0 Å². The van der Waals surface area contributed by atoms with Crippen molar-refractivity contribution in [2.45, 2.75) is 38.0 Å². The monoisotopic (exact) mass is 205 g/mol. The van der Waals surface area contributed by atoms with E-state index in [0.29, 0.717) is 12.0 Å². The third kappa shape index (κ3) is 1.68. The lowest BCUT2D eigenvalue weighted by Crippen LogP contribution is -2.62. The van der Waals surface area contributed by atoms with Crippen molar-refractivity contribution in [2.24, 2.45) is 0 Å². The van der Waals surface area contributed by atoms with Crippen molar-refractivity contribution in [1.29, 1.82) is 0 Å². The van der Waals surface area contributed by atoms with Crippen LogP contribution in [0.3, 0.4) is 0 Å². The molecule has 1 aromatic carbocycles. The number of nitrogens with zero attached hydrogens (tertiary/aromatic N) is 1. The molecule has 0 aliphatic carbocycles. The lowest BCUT2D eigenvalue weighted by atomic mass is 9.74. The highest BCUT2D eigenvalue weighted by Crippen LogP contribution is 2.40. The zero-order valence-electron chi connectivity index (χ0n) is 9.59. The predicted molar refractivity (Wildman–Crippen MR) is 61.9 cm³/mol. The van der Waals surface area contributed by atoms with Gasteiger partial charge in [0.25, 0.3) is 0 Å². The molecule has 1 saturated heterocycles. The van der Waals surface area contributed by atoms with Gasteiger partial charge in [-0.2, -0.15) is 0 Å². The molecule has 0 bridgehead atoms. The number of aliphatic hydroxyl groups excluding tert-OH is 1. The Morgan fingerprint density at radius 2 is 1.87 bits per heavy atom. The van der Waals surface area contributed by atoms with Crippen LogP contribution in [0.5, 0.6) is 0 Å². The summed E-state index contributed by atoms with van der Waals surface area (Å²) < 4.78 is 0. The van der Waals surface area contributed by atoms with Crippen LogP contribution in [0.25, 0.3) is 0 Å². The van der Waals surface area contributed by atoms with E-state index >= 15 is 0 Å². The van der Waals surface area contributed by atoms with Gasteiger partial charge < -0.3 is 5.11 Å². The summed E-state index contributed by atoms with van der Waals surface area (Å²) in [6.45, 7) is 4.10. The number of likely N-dealkylation sites (N-methyl/N-ethyl adjacent to an activating group) is 1. The largest absolute Gasteiger partial charge is 0.392 e. The van der Waals surface area contributed by atoms with Gasteiger partial charge in [-0.3, -0.25) is 4.90 Å². The molecule has 1 aliphatic rings. The first kappa shape index (κ1) is 10.7. The minimum Gasteiger partial charge on any atom is -0.392 e. The molecule has 0 saturated carbocycles. The van der Waals surface area contributed by atoms with Crippen molar-refractivity contribution in [3.8, 4) is 0 Å². The van der Waals surface area contributed by atoms with Crippen molar-refractivity contribution < 1.29 is 5.11 Å². The quantitative estimate of drug-likeness (QED) is 0.796. The fourth-order valence-corrected chi connectivity index (χ4v) is 2.75. The predicted octanol–water partition coefficient (Wildman–Crippen LogP) is 1.85. The average Bonchev–Trinajstić information content (AvgIpc) is 2.25. The lowest BCUT2D eigenvalue weighted by Gasteiger charge is -2.54. The third-order valence-electron chi connectivity index (χ3n) is 3.68. The third-order valence-corrected chi connectivity index (χ3v) is 3.68.